The van der Waals surface area contributed by atoms with Gasteiger partial charge in [-0.15, -0.1) is 0 Å². The molecule has 6 heteroatoms. The van der Waals surface area contributed by atoms with Crippen LogP contribution in [0, 0.1) is 3.57 Å². The van der Waals surface area contributed by atoms with Gasteiger partial charge >= 0.3 is 0 Å². The Bertz CT molecular complexity index is 1390. The first-order chi connectivity index (χ1) is 16.6. The minimum absolute atomic E-state index is 0.246. The summed E-state index contributed by atoms with van der Waals surface area (Å²) in [5.74, 6) is 0.488. The predicted octanol–water partition coefficient (Wildman–Crippen LogP) is 7.26. The lowest BCUT2D eigenvalue weighted by Gasteiger charge is -2.12. The van der Waals surface area contributed by atoms with Crippen molar-refractivity contribution < 1.29 is 14.3 Å². The highest BCUT2D eigenvalue weighted by Gasteiger charge is 2.34. The molecule has 1 fully saturated rings. The van der Waals surface area contributed by atoms with E-state index in [0.717, 1.165) is 37.8 Å². The van der Waals surface area contributed by atoms with Crippen LogP contribution in [0.2, 0.25) is 0 Å². The third-order valence-electron chi connectivity index (χ3n) is 5.58. The molecule has 1 heterocycles. The number of carbonyl (C=O) groups excluding carboxylic acids is 2. The van der Waals surface area contributed by atoms with Gasteiger partial charge in [-0.2, -0.15) is 0 Å². The van der Waals surface area contributed by atoms with Crippen LogP contribution in [0.5, 0.6) is 5.75 Å². The number of imide groups is 1. The first kappa shape index (κ1) is 22.7. The predicted molar refractivity (Wildman–Crippen MR) is 145 cm³/mol. The molecule has 4 nitrogen and oxygen atoms in total. The van der Waals surface area contributed by atoms with Gasteiger partial charge in [-0.3, -0.25) is 14.5 Å². The highest BCUT2D eigenvalue weighted by atomic mass is 127. The minimum Gasteiger partial charge on any atom is -0.489 e. The van der Waals surface area contributed by atoms with E-state index >= 15 is 0 Å². The van der Waals surface area contributed by atoms with Crippen molar-refractivity contribution >= 4 is 62.3 Å². The molecule has 2 amide bonds. The van der Waals surface area contributed by atoms with E-state index in [0.29, 0.717) is 11.5 Å². The largest absolute Gasteiger partial charge is 0.489 e. The number of hydrogen-bond acceptors (Lipinski definition) is 4. The number of halogens is 1. The fourth-order valence-electron chi connectivity index (χ4n) is 3.80. The van der Waals surface area contributed by atoms with Crippen LogP contribution in [0.25, 0.3) is 16.8 Å². The number of ether oxygens (including phenoxy) is 1. The summed E-state index contributed by atoms with van der Waals surface area (Å²) in [6, 6.07) is 29.8. The van der Waals surface area contributed by atoms with E-state index < -0.39 is 0 Å². The minimum atomic E-state index is -0.259. The van der Waals surface area contributed by atoms with E-state index in [1.165, 1.54) is 15.7 Å². The van der Waals surface area contributed by atoms with Crippen molar-refractivity contribution in [2.45, 2.75) is 13.2 Å². The van der Waals surface area contributed by atoms with Gasteiger partial charge in [0.15, 0.2) is 0 Å². The number of carbonyl (C=O) groups is 2. The quantitative estimate of drug-likeness (QED) is 0.179. The molecule has 4 aromatic rings. The Kier molecular flexibility index (Phi) is 6.69. The topological polar surface area (TPSA) is 46.6 Å². The van der Waals surface area contributed by atoms with E-state index in [2.05, 4.69) is 46.9 Å². The first-order valence-corrected chi connectivity index (χ1v) is 12.7. The summed E-state index contributed by atoms with van der Waals surface area (Å²) in [7, 11) is 0. The normalized spacial score (nSPS) is 14.9. The third-order valence-corrected chi connectivity index (χ3v) is 7.21. The van der Waals surface area contributed by atoms with Crippen LogP contribution < -0.4 is 4.74 Å². The molecule has 168 valence electrons. The molecule has 0 radical (unpaired) electrons. The number of thioether (sulfide) groups is 1. The zero-order chi connectivity index (χ0) is 23.5. The average molecular weight is 577 g/mol. The van der Waals surface area contributed by atoms with Gasteiger partial charge in [-0.05, 0) is 92.2 Å². The van der Waals surface area contributed by atoms with Crippen molar-refractivity contribution in [2.24, 2.45) is 0 Å². The van der Waals surface area contributed by atoms with Gasteiger partial charge in [0, 0.05) is 3.57 Å². The van der Waals surface area contributed by atoms with Crippen molar-refractivity contribution in [3.05, 3.63) is 116 Å². The number of nitrogens with zero attached hydrogens (tertiary/aromatic N) is 1. The Morgan fingerprint density at radius 1 is 0.853 bits per heavy atom. The van der Waals surface area contributed by atoms with Gasteiger partial charge in [0.1, 0.15) is 12.4 Å². The van der Waals surface area contributed by atoms with E-state index in [1.807, 2.05) is 66.7 Å². The smallest absolute Gasteiger partial charge is 0.293 e. The van der Waals surface area contributed by atoms with Crippen LogP contribution in [0.15, 0.2) is 95.9 Å². The molecule has 0 bridgehead atoms. The second-order valence-corrected chi connectivity index (χ2v) is 10.1. The molecule has 0 aromatic heterocycles. The van der Waals surface area contributed by atoms with Crippen molar-refractivity contribution in [2.75, 3.05) is 0 Å². The molecule has 1 aliphatic heterocycles. The molecule has 34 heavy (non-hydrogen) atoms. The van der Waals surface area contributed by atoms with Crippen molar-refractivity contribution in [1.82, 2.24) is 4.90 Å². The zero-order valence-electron chi connectivity index (χ0n) is 18.1. The molecule has 0 N–H and O–H groups in total. The standard InChI is InChI=1S/C28H20INO3S/c29-23-12-8-20(9-13-23)17-30-27(31)26(34-28(30)32)16-19-10-14-24(15-11-19)33-18-22-6-3-5-21-4-1-2-7-25(21)22/h1-16H,17-18H2/b26-16-. The summed E-state index contributed by atoms with van der Waals surface area (Å²) in [5.41, 5.74) is 2.90. The van der Waals surface area contributed by atoms with Crippen LogP contribution in [0.3, 0.4) is 0 Å². The second-order valence-electron chi connectivity index (χ2n) is 7.89. The van der Waals surface area contributed by atoms with Crippen LogP contribution in [-0.2, 0) is 17.9 Å². The molecule has 0 aliphatic carbocycles. The monoisotopic (exact) mass is 577 g/mol. The Morgan fingerprint density at radius 3 is 2.38 bits per heavy atom. The molecule has 5 rings (SSSR count). The SMILES string of the molecule is O=C1S/C(=C\c2ccc(OCc3cccc4ccccc34)cc2)C(=O)N1Cc1ccc(I)cc1. The first-order valence-electron chi connectivity index (χ1n) is 10.8. The number of amides is 2. The highest BCUT2D eigenvalue weighted by molar-refractivity contribution is 14.1. The Balaban J connectivity index is 1.25. The third kappa shape index (κ3) is 5.03. The maximum Gasteiger partial charge on any atom is 0.293 e. The summed E-state index contributed by atoms with van der Waals surface area (Å²) < 4.78 is 7.11. The highest BCUT2D eigenvalue weighted by Crippen LogP contribution is 2.33. The molecular weight excluding hydrogens is 557 g/mol. The fourth-order valence-corrected chi connectivity index (χ4v) is 5.00. The van der Waals surface area contributed by atoms with Crippen LogP contribution in [0.1, 0.15) is 16.7 Å². The lowest BCUT2D eigenvalue weighted by Crippen LogP contribution is -2.27. The summed E-state index contributed by atoms with van der Waals surface area (Å²) in [6.45, 7) is 0.748. The molecule has 0 atom stereocenters. The Labute approximate surface area is 215 Å². The Morgan fingerprint density at radius 2 is 1.59 bits per heavy atom. The van der Waals surface area contributed by atoms with E-state index in [1.54, 1.807) is 6.08 Å². The molecular formula is C28H20INO3S. The molecule has 0 saturated carbocycles. The molecule has 4 aromatic carbocycles. The fraction of sp³-hybridized carbons (Fsp3) is 0.0714. The zero-order valence-corrected chi connectivity index (χ0v) is 21.1. The molecule has 1 aliphatic rings. The lowest BCUT2D eigenvalue weighted by molar-refractivity contribution is -0.123. The van der Waals surface area contributed by atoms with Gasteiger partial charge in [0.05, 0.1) is 11.4 Å². The van der Waals surface area contributed by atoms with Gasteiger partial charge in [0.25, 0.3) is 11.1 Å². The summed E-state index contributed by atoms with van der Waals surface area (Å²) in [6.07, 6.45) is 1.76. The second kappa shape index (κ2) is 10.0. The number of rotatable bonds is 6. The summed E-state index contributed by atoms with van der Waals surface area (Å²) >= 11 is 3.21. The molecule has 1 saturated heterocycles. The maximum absolute atomic E-state index is 12.8. The van der Waals surface area contributed by atoms with E-state index in [4.69, 9.17) is 4.74 Å². The summed E-state index contributed by atoms with van der Waals surface area (Å²) in [5, 5.41) is 2.13. The van der Waals surface area contributed by atoms with Gasteiger partial charge in [-0.25, -0.2) is 0 Å². The lowest BCUT2D eigenvalue weighted by atomic mass is 10.1. The summed E-state index contributed by atoms with van der Waals surface area (Å²) in [4.78, 5) is 27.0. The molecule has 0 unspecified atom stereocenters. The van der Waals surface area contributed by atoms with Crippen molar-refractivity contribution in [3.8, 4) is 5.75 Å². The van der Waals surface area contributed by atoms with E-state index in [-0.39, 0.29) is 17.7 Å². The number of benzene rings is 4. The average Bonchev–Trinajstić information content (AvgIpc) is 3.12. The van der Waals surface area contributed by atoms with Crippen molar-refractivity contribution in [3.63, 3.8) is 0 Å². The molecule has 0 spiro atoms. The van der Waals surface area contributed by atoms with Gasteiger partial charge in [-0.1, -0.05) is 66.7 Å². The van der Waals surface area contributed by atoms with E-state index in [9.17, 15) is 9.59 Å². The number of fused-ring (bicyclic) bond motifs is 1. The van der Waals surface area contributed by atoms with Crippen LogP contribution >= 0.6 is 34.4 Å². The van der Waals surface area contributed by atoms with Crippen molar-refractivity contribution in [1.29, 1.82) is 0 Å². The Hall–Kier alpha value is -3.10. The van der Waals surface area contributed by atoms with Crippen LogP contribution in [-0.4, -0.2) is 16.0 Å². The maximum atomic E-state index is 12.8. The number of hydrogen-bond donors (Lipinski definition) is 0. The van der Waals surface area contributed by atoms with Gasteiger partial charge < -0.3 is 4.74 Å². The van der Waals surface area contributed by atoms with Crippen LogP contribution in [0.4, 0.5) is 4.79 Å². The van der Waals surface area contributed by atoms with Gasteiger partial charge in [0.2, 0.25) is 0 Å².